The molecular weight excluding hydrogens is 380 g/mol. The van der Waals surface area contributed by atoms with Gasteiger partial charge >= 0.3 is 12.0 Å². The molecule has 1 unspecified atom stereocenters. The summed E-state index contributed by atoms with van der Waals surface area (Å²) >= 11 is 0. The second-order valence-corrected chi connectivity index (χ2v) is 9.98. The highest BCUT2D eigenvalue weighted by Gasteiger charge is 2.35. The van der Waals surface area contributed by atoms with Crippen molar-refractivity contribution < 1.29 is 19.4 Å². The molecule has 0 spiro atoms. The fourth-order valence-electron chi connectivity index (χ4n) is 3.74. The van der Waals surface area contributed by atoms with E-state index in [1.807, 2.05) is 53.7 Å². The van der Waals surface area contributed by atoms with Gasteiger partial charge in [0.2, 0.25) is 0 Å². The van der Waals surface area contributed by atoms with Crippen LogP contribution in [0.1, 0.15) is 90.5 Å². The molecule has 0 saturated carbocycles. The number of ether oxygens (including phenoxy) is 1. The van der Waals surface area contributed by atoms with Gasteiger partial charge in [-0.15, -0.1) is 0 Å². The predicted octanol–water partition coefficient (Wildman–Crippen LogP) is 4.96. The minimum absolute atomic E-state index is 0.258. The molecule has 0 aliphatic carbocycles. The Morgan fingerprint density at radius 1 is 1.10 bits per heavy atom. The van der Waals surface area contributed by atoms with Gasteiger partial charge in [-0.25, -0.2) is 9.59 Å². The molecule has 0 saturated heterocycles. The first-order valence-corrected chi connectivity index (χ1v) is 10.6. The van der Waals surface area contributed by atoms with Gasteiger partial charge in [-0.3, -0.25) is 0 Å². The summed E-state index contributed by atoms with van der Waals surface area (Å²) in [4.78, 5) is 25.2. The highest BCUT2D eigenvalue weighted by atomic mass is 16.5. The van der Waals surface area contributed by atoms with Crippen LogP contribution >= 0.6 is 0 Å². The number of rotatable bonds is 5. The van der Waals surface area contributed by atoms with Gasteiger partial charge in [-0.05, 0) is 52.5 Å². The largest absolute Gasteiger partial charge is 0.507 e. The van der Waals surface area contributed by atoms with E-state index >= 15 is 0 Å². The van der Waals surface area contributed by atoms with Crippen molar-refractivity contribution in [2.24, 2.45) is 0 Å². The normalized spacial score (nSPS) is 17.5. The zero-order valence-corrected chi connectivity index (χ0v) is 19.5. The fourth-order valence-corrected chi connectivity index (χ4v) is 3.74. The summed E-state index contributed by atoms with van der Waals surface area (Å²) < 4.78 is 5.07. The van der Waals surface area contributed by atoms with Crippen LogP contribution in [0.5, 0.6) is 5.75 Å². The fraction of sp³-hybridized carbons (Fsp3) is 0.583. The summed E-state index contributed by atoms with van der Waals surface area (Å²) in [7, 11) is 1.35. The number of aromatic hydroxyl groups is 1. The number of unbranched alkanes of at least 4 members (excludes halogenated alkanes) is 1. The summed E-state index contributed by atoms with van der Waals surface area (Å²) in [6, 6.07) is 2.78. The van der Waals surface area contributed by atoms with Gasteiger partial charge in [-0.2, -0.15) is 0 Å². The van der Waals surface area contributed by atoms with Crippen LogP contribution in [-0.4, -0.2) is 24.2 Å². The molecular formula is C24H36N2O4. The number of esters is 1. The molecule has 0 radical (unpaired) electrons. The van der Waals surface area contributed by atoms with E-state index in [0.717, 1.165) is 29.5 Å². The van der Waals surface area contributed by atoms with Gasteiger partial charge in [0.25, 0.3) is 0 Å². The Morgan fingerprint density at radius 2 is 1.63 bits per heavy atom. The Bertz CT molecular complexity index is 822. The number of hydrogen-bond donors (Lipinski definition) is 3. The van der Waals surface area contributed by atoms with Crippen molar-refractivity contribution in [3.05, 3.63) is 40.1 Å². The number of hydrogen-bond acceptors (Lipinski definition) is 4. The lowest BCUT2D eigenvalue weighted by Gasteiger charge is -2.33. The minimum Gasteiger partial charge on any atom is -0.507 e. The van der Waals surface area contributed by atoms with Crippen molar-refractivity contribution in [2.75, 3.05) is 7.11 Å². The molecule has 2 rings (SSSR count). The first-order chi connectivity index (χ1) is 13.8. The van der Waals surface area contributed by atoms with E-state index in [4.69, 9.17) is 4.74 Å². The van der Waals surface area contributed by atoms with Gasteiger partial charge in [0.15, 0.2) is 0 Å². The molecule has 0 bridgehead atoms. The van der Waals surface area contributed by atoms with Gasteiger partial charge in [0, 0.05) is 5.70 Å². The Labute approximate surface area is 180 Å². The van der Waals surface area contributed by atoms with Crippen molar-refractivity contribution in [1.82, 2.24) is 10.6 Å². The molecule has 1 atom stereocenters. The van der Waals surface area contributed by atoms with Crippen molar-refractivity contribution in [3.63, 3.8) is 0 Å². The second kappa shape index (κ2) is 8.70. The van der Waals surface area contributed by atoms with Crippen LogP contribution in [0.4, 0.5) is 4.79 Å². The maximum Gasteiger partial charge on any atom is 0.337 e. The Kier molecular flexibility index (Phi) is 6.90. The number of carbonyl (C=O) groups excluding carboxylic acids is 2. The molecule has 1 heterocycles. The number of urea groups is 1. The van der Waals surface area contributed by atoms with Crippen LogP contribution < -0.4 is 10.6 Å². The molecule has 1 aromatic carbocycles. The molecule has 3 N–H and O–H groups in total. The molecule has 166 valence electrons. The lowest BCUT2D eigenvalue weighted by molar-refractivity contribution is -0.136. The van der Waals surface area contributed by atoms with E-state index in [2.05, 4.69) is 17.6 Å². The molecule has 1 aromatic rings. The molecule has 6 heteroatoms. The molecule has 6 nitrogen and oxygen atoms in total. The molecule has 0 aromatic heterocycles. The van der Waals surface area contributed by atoms with Crippen LogP contribution in [0.3, 0.4) is 0 Å². The molecule has 1 aliphatic rings. The summed E-state index contributed by atoms with van der Waals surface area (Å²) in [6.45, 7) is 14.2. The van der Waals surface area contributed by atoms with E-state index in [9.17, 15) is 14.7 Å². The van der Waals surface area contributed by atoms with Crippen molar-refractivity contribution in [1.29, 1.82) is 0 Å². The number of benzene rings is 1. The number of methoxy groups -OCH3 is 1. The third-order valence-corrected chi connectivity index (χ3v) is 5.42. The van der Waals surface area contributed by atoms with Gasteiger partial charge in [0.1, 0.15) is 5.75 Å². The summed E-state index contributed by atoms with van der Waals surface area (Å²) in [5.74, 6) is -0.213. The van der Waals surface area contributed by atoms with E-state index in [1.54, 1.807) is 0 Å². The van der Waals surface area contributed by atoms with Crippen molar-refractivity contribution in [2.45, 2.75) is 84.6 Å². The highest BCUT2D eigenvalue weighted by molar-refractivity contribution is 5.95. The highest BCUT2D eigenvalue weighted by Crippen LogP contribution is 2.42. The Morgan fingerprint density at radius 3 is 2.07 bits per heavy atom. The standard InChI is InChI=1S/C24H36N2O4/c1-9-10-11-17-18(21(28)30-8)19(26-22(29)25-17)14-12-15(23(2,3)4)20(27)16(13-14)24(5,6)7/h12-13,19,27H,9-11H2,1-8H3,(H2,25,26,29). The van der Waals surface area contributed by atoms with E-state index in [0.29, 0.717) is 17.7 Å². The third-order valence-electron chi connectivity index (χ3n) is 5.42. The van der Waals surface area contributed by atoms with E-state index in [1.165, 1.54) is 7.11 Å². The quantitative estimate of drug-likeness (QED) is 0.592. The maximum absolute atomic E-state index is 12.7. The summed E-state index contributed by atoms with van der Waals surface area (Å²) in [6.07, 6.45) is 2.37. The number of carbonyl (C=O) groups is 2. The monoisotopic (exact) mass is 416 g/mol. The number of allylic oxidation sites excluding steroid dienone is 1. The van der Waals surface area contributed by atoms with Crippen molar-refractivity contribution >= 4 is 12.0 Å². The maximum atomic E-state index is 12.7. The minimum atomic E-state index is -0.652. The molecule has 30 heavy (non-hydrogen) atoms. The lowest BCUT2D eigenvalue weighted by Crippen LogP contribution is -2.46. The first kappa shape index (κ1) is 23.8. The molecule has 2 amide bonds. The third kappa shape index (κ3) is 4.97. The Balaban J connectivity index is 2.78. The van der Waals surface area contributed by atoms with Gasteiger partial charge in [0.05, 0.1) is 18.7 Å². The van der Waals surface area contributed by atoms with Crippen molar-refractivity contribution in [3.8, 4) is 5.75 Å². The number of amides is 2. The predicted molar refractivity (Wildman–Crippen MR) is 118 cm³/mol. The van der Waals surface area contributed by atoms with E-state index < -0.39 is 12.0 Å². The van der Waals surface area contributed by atoms with Gasteiger partial charge in [-0.1, -0.05) is 54.9 Å². The smallest absolute Gasteiger partial charge is 0.337 e. The summed E-state index contributed by atoms with van der Waals surface area (Å²) in [5.41, 5.74) is 2.67. The molecule has 1 aliphatic heterocycles. The number of nitrogens with one attached hydrogen (secondary N) is 2. The van der Waals surface area contributed by atoms with Crippen LogP contribution in [0, 0.1) is 0 Å². The van der Waals surface area contributed by atoms with Gasteiger partial charge < -0.3 is 20.5 Å². The molecule has 0 fully saturated rings. The van der Waals surface area contributed by atoms with Crippen LogP contribution in [0.25, 0.3) is 0 Å². The number of phenols is 1. The second-order valence-electron chi connectivity index (χ2n) is 9.98. The topological polar surface area (TPSA) is 87.7 Å². The van der Waals surface area contributed by atoms with Crippen LogP contribution in [0.15, 0.2) is 23.4 Å². The SMILES string of the molecule is CCCCC1=C(C(=O)OC)C(c2cc(C(C)(C)C)c(O)c(C(C)(C)C)c2)NC(=O)N1. The number of phenolic OH excluding ortho intramolecular Hbond substituents is 1. The average Bonchev–Trinajstić information content (AvgIpc) is 2.63. The lowest BCUT2D eigenvalue weighted by atomic mass is 9.77. The zero-order valence-electron chi connectivity index (χ0n) is 19.5. The first-order valence-electron chi connectivity index (χ1n) is 10.6. The Hall–Kier alpha value is -2.50. The summed E-state index contributed by atoms with van der Waals surface area (Å²) in [5, 5.41) is 16.7. The van der Waals surface area contributed by atoms with E-state index in [-0.39, 0.29) is 22.6 Å². The zero-order chi connectivity index (χ0) is 22.9. The average molecular weight is 417 g/mol. The van der Waals surface area contributed by atoms with Crippen LogP contribution in [0.2, 0.25) is 0 Å². The van der Waals surface area contributed by atoms with Crippen LogP contribution in [-0.2, 0) is 20.4 Å².